The third-order valence-corrected chi connectivity index (χ3v) is 5.60. The van der Waals surface area contributed by atoms with Gasteiger partial charge < -0.3 is 20.9 Å². The number of ketones is 1. The van der Waals surface area contributed by atoms with E-state index in [0.717, 1.165) is 25.1 Å². The molecule has 1 aromatic carbocycles. The standard InChI is InChI=1S/C22H21F7N4O3/c1-19(9-36-20(2,18(31)33-19)22(27,28)29)13-7-11(3-5-14(13)23)8-15(34)12-4-6-16(32-17(12)30)35-10-21(24,25)26/h3-7H,8-10H2,1-2H3,(H2,30,32)(H2,31,33)/t19-,20+/m0/s1. The van der Waals surface area contributed by atoms with E-state index in [1.54, 1.807) is 0 Å². The quantitative estimate of drug-likeness (QED) is 0.437. The fourth-order valence-electron chi connectivity index (χ4n) is 3.43. The topological polar surface area (TPSA) is 113 Å². The van der Waals surface area contributed by atoms with E-state index in [9.17, 15) is 35.5 Å². The minimum atomic E-state index is -4.85. The van der Waals surface area contributed by atoms with E-state index in [4.69, 9.17) is 16.2 Å². The molecule has 2 aromatic rings. The Morgan fingerprint density at radius 3 is 2.33 bits per heavy atom. The molecule has 0 saturated carbocycles. The molecule has 1 aliphatic rings. The van der Waals surface area contributed by atoms with Gasteiger partial charge in [-0.3, -0.25) is 9.79 Å². The largest absolute Gasteiger partial charge is 0.468 e. The Morgan fingerprint density at radius 1 is 1.11 bits per heavy atom. The number of hydrogen-bond acceptors (Lipinski definition) is 7. The van der Waals surface area contributed by atoms with Crippen LogP contribution in [0.25, 0.3) is 0 Å². The summed E-state index contributed by atoms with van der Waals surface area (Å²) in [6.45, 7) is -0.187. The number of nitrogens with two attached hydrogens (primary N) is 2. The molecule has 2 atom stereocenters. The molecule has 0 saturated heterocycles. The number of rotatable bonds is 6. The molecular formula is C22H21F7N4O3. The van der Waals surface area contributed by atoms with Gasteiger partial charge in [-0.15, -0.1) is 0 Å². The number of pyridine rings is 1. The predicted octanol–water partition coefficient (Wildman–Crippen LogP) is 4.09. The average Bonchev–Trinajstić information content (AvgIpc) is 2.75. The van der Waals surface area contributed by atoms with Gasteiger partial charge in [-0.05, 0) is 37.6 Å². The van der Waals surface area contributed by atoms with Crippen LogP contribution in [0.15, 0.2) is 35.3 Å². The number of ether oxygens (including phenoxy) is 2. The molecule has 2 heterocycles. The Hall–Kier alpha value is -3.42. The number of nitrogen functional groups attached to an aromatic ring is 1. The van der Waals surface area contributed by atoms with Crippen LogP contribution < -0.4 is 16.2 Å². The highest BCUT2D eigenvalue weighted by molar-refractivity contribution is 6.01. The lowest BCUT2D eigenvalue weighted by Gasteiger charge is -2.41. The summed E-state index contributed by atoms with van der Waals surface area (Å²) in [5.41, 5.74) is 6.80. The molecule has 1 aliphatic heterocycles. The summed E-state index contributed by atoms with van der Waals surface area (Å²) < 4.78 is 101. The Kier molecular flexibility index (Phi) is 6.96. The van der Waals surface area contributed by atoms with Crippen molar-refractivity contribution in [2.75, 3.05) is 18.9 Å². The Labute approximate surface area is 200 Å². The van der Waals surface area contributed by atoms with Crippen molar-refractivity contribution in [1.82, 2.24) is 4.98 Å². The van der Waals surface area contributed by atoms with E-state index in [0.29, 0.717) is 0 Å². The van der Waals surface area contributed by atoms with Crippen LogP contribution in [0, 0.1) is 5.82 Å². The molecule has 1 aromatic heterocycles. The highest BCUT2D eigenvalue weighted by Crippen LogP contribution is 2.41. The lowest BCUT2D eigenvalue weighted by molar-refractivity contribution is -0.249. The van der Waals surface area contributed by atoms with Crippen LogP contribution in [-0.4, -0.2) is 47.8 Å². The van der Waals surface area contributed by atoms with Gasteiger partial charge >= 0.3 is 12.4 Å². The second-order valence-electron chi connectivity index (χ2n) is 8.49. The van der Waals surface area contributed by atoms with E-state index in [2.05, 4.69) is 14.7 Å². The third kappa shape index (κ3) is 5.53. The number of alkyl halides is 6. The first kappa shape index (κ1) is 27.2. The molecule has 7 nitrogen and oxygen atoms in total. The average molecular weight is 522 g/mol. The Morgan fingerprint density at radius 2 is 1.78 bits per heavy atom. The van der Waals surface area contributed by atoms with Gasteiger partial charge in [-0.2, -0.15) is 31.3 Å². The summed E-state index contributed by atoms with van der Waals surface area (Å²) in [4.78, 5) is 20.3. The number of Topliss-reactive ketones (excluding diaryl/α,β-unsaturated/α-hetero) is 1. The number of carbonyl (C=O) groups is 1. The first-order valence-corrected chi connectivity index (χ1v) is 10.3. The molecule has 14 heteroatoms. The zero-order valence-corrected chi connectivity index (χ0v) is 18.9. The first-order valence-electron chi connectivity index (χ1n) is 10.3. The summed E-state index contributed by atoms with van der Waals surface area (Å²) in [6.07, 6.45) is -9.78. The number of carbonyl (C=O) groups excluding carboxylic acids is 1. The SMILES string of the molecule is C[C@@]1(c2cc(CC(=O)c3ccc(OCC(F)(F)F)nc3N)ccc2F)CO[C@@](C)(C(F)(F)F)C(N)=N1. The summed E-state index contributed by atoms with van der Waals surface area (Å²) in [5.74, 6) is -3.10. The molecule has 196 valence electrons. The lowest BCUT2D eigenvalue weighted by atomic mass is 9.88. The van der Waals surface area contributed by atoms with Crippen molar-refractivity contribution in [3.8, 4) is 5.88 Å². The van der Waals surface area contributed by atoms with Gasteiger partial charge in [0, 0.05) is 18.1 Å². The summed E-state index contributed by atoms with van der Waals surface area (Å²) in [6, 6.07) is 5.72. The third-order valence-electron chi connectivity index (χ3n) is 5.60. The van der Waals surface area contributed by atoms with E-state index in [1.165, 1.54) is 19.1 Å². The normalized spacial score (nSPS) is 22.8. The maximum Gasteiger partial charge on any atom is 0.424 e. The second kappa shape index (κ2) is 9.22. The van der Waals surface area contributed by atoms with E-state index < -0.39 is 60.0 Å². The van der Waals surface area contributed by atoms with Crippen molar-refractivity contribution < 1.29 is 45.0 Å². The van der Waals surface area contributed by atoms with Crippen LogP contribution in [0.5, 0.6) is 5.88 Å². The number of hydrogen-bond donors (Lipinski definition) is 2. The number of anilines is 1. The zero-order chi connectivity index (χ0) is 27.1. The van der Waals surface area contributed by atoms with Gasteiger partial charge in [0.15, 0.2) is 12.4 Å². The zero-order valence-electron chi connectivity index (χ0n) is 18.9. The molecular weight excluding hydrogens is 501 g/mol. The maximum absolute atomic E-state index is 14.7. The van der Waals surface area contributed by atoms with Crippen molar-refractivity contribution in [2.45, 2.75) is 43.8 Å². The van der Waals surface area contributed by atoms with Crippen LogP contribution in [0.1, 0.15) is 35.3 Å². The predicted molar refractivity (Wildman–Crippen MR) is 114 cm³/mol. The van der Waals surface area contributed by atoms with E-state index in [1.807, 2.05) is 0 Å². The fourth-order valence-corrected chi connectivity index (χ4v) is 3.43. The minimum Gasteiger partial charge on any atom is -0.468 e. The minimum absolute atomic E-state index is 0.115. The Balaban J connectivity index is 1.84. The van der Waals surface area contributed by atoms with Gasteiger partial charge in [0.1, 0.15) is 23.0 Å². The molecule has 36 heavy (non-hydrogen) atoms. The van der Waals surface area contributed by atoms with Crippen molar-refractivity contribution >= 4 is 17.4 Å². The number of aromatic nitrogens is 1. The van der Waals surface area contributed by atoms with Crippen LogP contribution in [0.4, 0.5) is 36.6 Å². The fraction of sp³-hybridized carbons (Fsp3) is 0.409. The molecule has 0 unspecified atom stereocenters. The van der Waals surface area contributed by atoms with Crippen LogP contribution in [0.2, 0.25) is 0 Å². The Bertz CT molecular complexity index is 1200. The van der Waals surface area contributed by atoms with Gasteiger partial charge in [-0.25, -0.2) is 4.39 Å². The van der Waals surface area contributed by atoms with Gasteiger partial charge in [0.2, 0.25) is 11.5 Å². The first-order chi connectivity index (χ1) is 16.4. The van der Waals surface area contributed by atoms with Crippen molar-refractivity contribution in [3.63, 3.8) is 0 Å². The van der Waals surface area contributed by atoms with Crippen molar-refractivity contribution in [3.05, 3.63) is 52.8 Å². The molecule has 4 N–H and O–H groups in total. The van der Waals surface area contributed by atoms with E-state index in [-0.39, 0.29) is 28.9 Å². The monoisotopic (exact) mass is 522 g/mol. The van der Waals surface area contributed by atoms with Gasteiger partial charge in [-0.1, -0.05) is 6.07 Å². The molecule has 0 radical (unpaired) electrons. The lowest BCUT2D eigenvalue weighted by Crippen LogP contribution is -2.60. The van der Waals surface area contributed by atoms with Crippen LogP contribution in [-0.2, 0) is 16.7 Å². The summed E-state index contributed by atoms with van der Waals surface area (Å²) in [5, 5.41) is 0. The second-order valence-corrected chi connectivity index (χ2v) is 8.49. The summed E-state index contributed by atoms with van der Waals surface area (Å²) in [7, 11) is 0. The number of halogens is 7. The van der Waals surface area contributed by atoms with Gasteiger partial charge in [0.25, 0.3) is 0 Å². The van der Waals surface area contributed by atoms with Crippen molar-refractivity contribution in [1.29, 1.82) is 0 Å². The molecule has 0 fully saturated rings. The maximum atomic E-state index is 14.7. The smallest absolute Gasteiger partial charge is 0.424 e. The van der Waals surface area contributed by atoms with E-state index >= 15 is 0 Å². The van der Waals surface area contributed by atoms with Crippen LogP contribution >= 0.6 is 0 Å². The molecule has 0 spiro atoms. The highest BCUT2D eigenvalue weighted by atomic mass is 19.4. The molecule has 0 amide bonds. The highest BCUT2D eigenvalue weighted by Gasteiger charge is 2.59. The van der Waals surface area contributed by atoms with Gasteiger partial charge in [0.05, 0.1) is 12.2 Å². The van der Waals surface area contributed by atoms with Crippen LogP contribution in [0.3, 0.4) is 0 Å². The molecule has 3 rings (SSSR count). The molecule has 0 aliphatic carbocycles. The number of benzene rings is 1. The summed E-state index contributed by atoms with van der Waals surface area (Å²) >= 11 is 0. The van der Waals surface area contributed by atoms with Crippen molar-refractivity contribution in [2.24, 2.45) is 10.7 Å². The molecule has 0 bridgehead atoms. The number of nitrogens with zero attached hydrogens (tertiary/aromatic N) is 2. The number of amidine groups is 1. The number of aliphatic imine (C=N–C) groups is 1.